The van der Waals surface area contributed by atoms with Gasteiger partial charge in [0.1, 0.15) is 6.61 Å². The van der Waals surface area contributed by atoms with E-state index in [0.29, 0.717) is 5.25 Å². The summed E-state index contributed by atoms with van der Waals surface area (Å²) < 4.78 is 5.13. The van der Waals surface area contributed by atoms with E-state index in [2.05, 4.69) is 5.32 Å². The molecule has 1 aliphatic rings. The molecule has 19 heavy (non-hydrogen) atoms. The van der Waals surface area contributed by atoms with E-state index in [1.165, 1.54) is 11.8 Å². The van der Waals surface area contributed by atoms with Gasteiger partial charge in [-0.3, -0.25) is 4.79 Å². The van der Waals surface area contributed by atoms with Crippen LogP contribution < -0.4 is 5.32 Å². The van der Waals surface area contributed by atoms with Crippen LogP contribution in [0.2, 0.25) is 0 Å². The molecule has 0 heterocycles. The second-order valence-electron chi connectivity index (χ2n) is 4.61. The number of carbonyl (C=O) groups is 2. The smallest absolute Gasteiger partial charge is 0.407 e. The Balaban J connectivity index is 1.62. The summed E-state index contributed by atoms with van der Waals surface area (Å²) >= 11 is 1.35. The molecule has 1 saturated carbocycles. The monoisotopic (exact) mass is 279 g/mol. The number of hydrogen-bond donors (Lipinski definition) is 1. The van der Waals surface area contributed by atoms with Crippen molar-refractivity contribution in [3.63, 3.8) is 0 Å². The van der Waals surface area contributed by atoms with Gasteiger partial charge in [-0.05, 0) is 18.4 Å². The molecule has 0 saturated heterocycles. The Hall–Kier alpha value is -1.49. The molecule has 1 N–H and O–H groups in total. The van der Waals surface area contributed by atoms with Crippen LogP contribution in [0.15, 0.2) is 30.3 Å². The van der Waals surface area contributed by atoms with Crippen molar-refractivity contribution in [2.24, 2.45) is 0 Å². The molecular formula is C14H17NO3S. The zero-order valence-corrected chi connectivity index (χ0v) is 11.6. The number of carbonyl (C=O) groups excluding carboxylic acids is 2. The highest BCUT2D eigenvalue weighted by Crippen LogP contribution is 2.32. The molecule has 0 spiro atoms. The third-order valence-corrected chi connectivity index (χ3v) is 4.01. The zero-order valence-electron chi connectivity index (χ0n) is 10.8. The molecule has 0 bridgehead atoms. The lowest BCUT2D eigenvalue weighted by atomic mass is 9.92. The Bertz CT molecular complexity index is 443. The zero-order chi connectivity index (χ0) is 13.7. The van der Waals surface area contributed by atoms with Gasteiger partial charge in [0.25, 0.3) is 0 Å². The van der Waals surface area contributed by atoms with Crippen LogP contribution in [0.25, 0.3) is 0 Å². The van der Waals surface area contributed by atoms with Gasteiger partial charge in [0.2, 0.25) is 0 Å². The van der Waals surface area contributed by atoms with Gasteiger partial charge in [-0.15, -0.1) is 0 Å². The predicted molar refractivity (Wildman–Crippen MR) is 74.8 cm³/mol. The summed E-state index contributed by atoms with van der Waals surface area (Å²) in [6.07, 6.45) is 1.29. The fourth-order valence-corrected chi connectivity index (χ4v) is 3.07. The number of hydrogen-bond acceptors (Lipinski definition) is 4. The minimum Gasteiger partial charge on any atom is -0.445 e. The number of thioether (sulfide) groups is 1. The maximum absolute atomic E-state index is 11.5. The minimum atomic E-state index is -0.389. The SMILES string of the molecule is CC(=O)SC1CC(NC(=O)OCc2ccccc2)C1. The molecule has 5 heteroatoms. The molecule has 1 fully saturated rings. The van der Waals surface area contributed by atoms with E-state index < -0.39 is 0 Å². The Labute approximate surface area is 116 Å². The summed E-state index contributed by atoms with van der Waals surface area (Å²) in [7, 11) is 0. The van der Waals surface area contributed by atoms with Crippen molar-refractivity contribution in [3.05, 3.63) is 35.9 Å². The Morgan fingerprint density at radius 3 is 2.63 bits per heavy atom. The number of benzene rings is 1. The van der Waals surface area contributed by atoms with Crippen LogP contribution in [0, 0.1) is 0 Å². The Morgan fingerprint density at radius 1 is 1.32 bits per heavy atom. The Kier molecular flexibility index (Phi) is 4.85. The van der Waals surface area contributed by atoms with Crippen LogP contribution in [0.4, 0.5) is 4.79 Å². The summed E-state index contributed by atoms with van der Waals surface area (Å²) in [5, 5.41) is 3.28. The van der Waals surface area contributed by atoms with Gasteiger partial charge in [-0.25, -0.2) is 4.79 Å². The van der Waals surface area contributed by atoms with Crippen molar-refractivity contribution in [3.8, 4) is 0 Å². The number of ether oxygens (including phenoxy) is 1. The number of amides is 1. The van der Waals surface area contributed by atoms with E-state index >= 15 is 0 Å². The molecule has 4 nitrogen and oxygen atoms in total. The van der Waals surface area contributed by atoms with E-state index in [0.717, 1.165) is 18.4 Å². The molecule has 1 aliphatic carbocycles. The van der Waals surface area contributed by atoms with Crippen LogP contribution in [0.3, 0.4) is 0 Å². The normalized spacial score (nSPS) is 21.3. The third kappa shape index (κ3) is 4.59. The standard InChI is InChI=1S/C14H17NO3S/c1-10(16)19-13-7-12(8-13)15-14(17)18-9-11-5-3-2-4-6-11/h2-6,12-13H,7-9H2,1H3,(H,15,17). The number of alkyl carbamates (subject to hydrolysis) is 1. The van der Waals surface area contributed by atoms with Crippen LogP contribution in [0.5, 0.6) is 0 Å². The Morgan fingerprint density at radius 2 is 2.00 bits per heavy atom. The van der Waals surface area contributed by atoms with Crippen LogP contribution >= 0.6 is 11.8 Å². The molecular weight excluding hydrogens is 262 g/mol. The lowest BCUT2D eigenvalue weighted by molar-refractivity contribution is -0.109. The van der Waals surface area contributed by atoms with E-state index in [9.17, 15) is 9.59 Å². The highest BCUT2D eigenvalue weighted by atomic mass is 32.2. The third-order valence-electron chi connectivity index (χ3n) is 2.96. The van der Waals surface area contributed by atoms with Gasteiger partial charge in [0.05, 0.1) is 0 Å². The summed E-state index contributed by atoms with van der Waals surface area (Å²) in [6, 6.07) is 9.70. The fourth-order valence-electron chi connectivity index (χ4n) is 1.95. The topological polar surface area (TPSA) is 55.4 Å². The molecule has 0 atom stereocenters. The first-order valence-electron chi connectivity index (χ1n) is 6.28. The van der Waals surface area contributed by atoms with Crippen molar-refractivity contribution in [2.45, 2.75) is 37.7 Å². The number of rotatable bonds is 4. The second kappa shape index (κ2) is 6.61. The molecule has 0 radical (unpaired) electrons. The molecule has 1 aromatic rings. The van der Waals surface area contributed by atoms with Crippen molar-refractivity contribution >= 4 is 23.0 Å². The van der Waals surface area contributed by atoms with Crippen molar-refractivity contribution in [1.82, 2.24) is 5.32 Å². The van der Waals surface area contributed by atoms with Gasteiger partial charge in [-0.2, -0.15) is 0 Å². The molecule has 0 aliphatic heterocycles. The average Bonchev–Trinajstić information content (AvgIpc) is 2.34. The first-order valence-corrected chi connectivity index (χ1v) is 7.16. The largest absolute Gasteiger partial charge is 0.445 e. The van der Waals surface area contributed by atoms with Gasteiger partial charge in [0.15, 0.2) is 5.12 Å². The number of nitrogens with one attached hydrogen (secondary N) is 1. The minimum absolute atomic E-state index is 0.134. The molecule has 2 rings (SSSR count). The predicted octanol–water partition coefficient (Wildman–Crippen LogP) is 2.72. The van der Waals surface area contributed by atoms with Crippen LogP contribution in [-0.2, 0) is 16.1 Å². The first kappa shape index (κ1) is 13.9. The van der Waals surface area contributed by atoms with Crippen molar-refractivity contribution in [2.75, 3.05) is 0 Å². The first-order chi connectivity index (χ1) is 9.13. The molecule has 102 valence electrons. The molecule has 0 unspecified atom stereocenters. The van der Waals surface area contributed by atoms with Gasteiger partial charge in [0, 0.05) is 18.2 Å². The van der Waals surface area contributed by atoms with Crippen LogP contribution in [0.1, 0.15) is 25.3 Å². The summed E-state index contributed by atoms with van der Waals surface area (Å²) in [6.45, 7) is 1.85. The van der Waals surface area contributed by atoms with Gasteiger partial charge < -0.3 is 10.1 Å². The van der Waals surface area contributed by atoms with Gasteiger partial charge in [-0.1, -0.05) is 42.1 Å². The summed E-state index contributed by atoms with van der Waals surface area (Å²) in [4.78, 5) is 22.4. The maximum Gasteiger partial charge on any atom is 0.407 e. The molecule has 1 aromatic carbocycles. The van der Waals surface area contributed by atoms with E-state index in [1.54, 1.807) is 6.92 Å². The van der Waals surface area contributed by atoms with E-state index in [1.807, 2.05) is 30.3 Å². The fraction of sp³-hybridized carbons (Fsp3) is 0.429. The highest BCUT2D eigenvalue weighted by Gasteiger charge is 2.31. The summed E-state index contributed by atoms with van der Waals surface area (Å²) in [5.74, 6) is 0. The quantitative estimate of drug-likeness (QED) is 0.920. The van der Waals surface area contributed by atoms with Crippen molar-refractivity contribution < 1.29 is 14.3 Å². The van der Waals surface area contributed by atoms with E-state index in [4.69, 9.17) is 4.74 Å². The van der Waals surface area contributed by atoms with Gasteiger partial charge >= 0.3 is 6.09 Å². The van der Waals surface area contributed by atoms with Crippen LogP contribution in [-0.4, -0.2) is 22.5 Å². The lowest BCUT2D eigenvalue weighted by Crippen LogP contribution is -2.46. The van der Waals surface area contributed by atoms with Crippen molar-refractivity contribution in [1.29, 1.82) is 0 Å². The maximum atomic E-state index is 11.5. The second-order valence-corrected chi connectivity index (χ2v) is 6.08. The molecule has 1 amide bonds. The summed E-state index contributed by atoms with van der Waals surface area (Å²) in [5.41, 5.74) is 0.969. The van der Waals surface area contributed by atoms with E-state index in [-0.39, 0.29) is 23.9 Å². The average molecular weight is 279 g/mol. The lowest BCUT2D eigenvalue weighted by Gasteiger charge is -2.34. The highest BCUT2D eigenvalue weighted by molar-refractivity contribution is 8.14. The molecule has 0 aromatic heterocycles.